The molecule has 0 spiro atoms. The monoisotopic (exact) mass is 329 g/mol. The second-order valence-corrected chi connectivity index (χ2v) is 5.67. The Hall–Kier alpha value is -1.14. The number of rotatable bonds is 3. The van der Waals surface area contributed by atoms with Gasteiger partial charge in [0.15, 0.2) is 5.11 Å². The average Bonchev–Trinajstić information content (AvgIpc) is 2.87. The third-order valence-corrected chi connectivity index (χ3v) is 3.82. The smallest absolute Gasteiger partial charge is 0.191 e. The first kappa shape index (κ1) is 14.3. The molecule has 2 aromatic rings. The molecule has 0 fully saturated rings. The summed E-state index contributed by atoms with van der Waals surface area (Å²) in [7, 11) is 0. The van der Waals surface area contributed by atoms with Crippen molar-refractivity contribution in [1.82, 2.24) is 5.43 Å². The molecule has 0 aliphatic heterocycles. The molecular formula is C12H9Cl2N3S2. The minimum atomic E-state index is 0.381. The largest absolute Gasteiger partial charge is 0.331 e. The van der Waals surface area contributed by atoms with Gasteiger partial charge in [0.05, 0.1) is 16.3 Å². The summed E-state index contributed by atoms with van der Waals surface area (Å²) in [6, 6.07) is 9.10. The molecule has 0 amide bonds. The molecule has 19 heavy (non-hydrogen) atoms. The second-order valence-electron chi connectivity index (χ2n) is 3.47. The lowest BCUT2D eigenvalue weighted by atomic mass is 10.3. The van der Waals surface area contributed by atoms with E-state index in [9.17, 15) is 0 Å². The Morgan fingerprint density at radius 2 is 2.11 bits per heavy atom. The van der Waals surface area contributed by atoms with Crippen LogP contribution in [0.15, 0.2) is 40.8 Å². The van der Waals surface area contributed by atoms with Crippen molar-refractivity contribution < 1.29 is 0 Å². The van der Waals surface area contributed by atoms with Crippen LogP contribution in [0.2, 0.25) is 10.0 Å². The molecule has 0 bridgehead atoms. The summed E-state index contributed by atoms with van der Waals surface area (Å²) < 4.78 is 0. The van der Waals surface area contributed by atoms with Crippen molar-refractivity contribution in [3.63, 3.8) is 0 Å². The van der Waals surface area contributed by atoms with Crippen LogP contribution in [-0.4, -0.2) is 11.3 Å². The van der Waals surface area contributed by atoms with Gasteiger partial charge in [0.2, 0.25) is 0 Å². The Bertz CT molecular complexity index is 597. The number of thiocarbonyl (C=S) groups is 1. The third-order valence-electron chi connectivity index (χ3n) is 2.08. The van der Waals surface area contributed by atoms with Crippen LogP contribution in [0.3, 0.4) is 0 Å². The lowest BCUT2D eigenvalue weighted by Gasteiger charge is -2.07. The summed E-state index contributed by atoms with van der Waals surface area (Å²) in [4.78, 5) is 1.05. The summed E-state index contributed by atoms with van der Waals surface area (Å²) in [5, 5.41) is 10.3. The van der Waals surface area contributed by atoms with Gasteiger partial charge in [0, 0.05) is 10.6 Å². The quantitative estimate of drug-likeness (QED) is 0.498. The second kappa shape index (κ2) is 6.86. The van der Waals surface area contributed by atoms with E-state index in [2.05, 4.69) is 15.8 Å². The molecule has 0 saturated carbocycles. The van der Waals surface area contributed by atoms with E-state index in [0.29, 0.717) is 15.2 Å². The lowest BCUT2D eigenvalue weighted by Crippen LogP contribution is -2.23. The van der Waals surface area contributed by atoms with E-state index in [1.54, 1.807) is 35.8 Å². The van der Waals surface area contributed by atoms with Gasteiger partial charge in [0.25, 0.3) is 0 Å². The third kappa shape index (κ3) is 4.47. The maximum atomic E-state index is 5.91. The maximum absolute atomic E-state index is 5.91. The van der Waals surface area contributed by atoms with Gasteiger partial charge >= 0.3 is 0 Å². The van der Waals surface area contributed by atoms with Gasteiger partial charge in [0.1, 0.15) is 0 Å². The van der Waals surface area contributed by atoms with Gasteiger partial charge in [-0.1, -0.05) is 29.3 Å². The van der Waals surface area contributed by atoms with Crippen molar-refractivity contribution in [2.75, 3.05) is 5.32 Å². The highest BCUT2D eigenvalue weighted by Gasteiger charge is 2.00. The first-order valence-electron chi connectivity index (χ1n) is 5.24. The number of benzene rings is 1. The van der Waals surface area contributed by atoms with Gasteiger partial charge in [-0.3, -0.25) is 5.43 Å². The molecule has 2 rings (SSSR count). The van der Waals surface area contributed by atoms with E-state index in [4.69, 9.17) is 35.4 Å². The first-order valence-corrected chi connectivity index (χ1v) is 7.28. The van der Waals surface area contributed by atoms with Crippen molar-refractivity contribution in [3.8, 4) is 0 Å². The Morgan fingerprint density at radius 1 is 1.26 bits per heavy atom. The molecule has 0 aliphatic carbocycles. The summed E-state index contributed by atoms with van der Waals surface area (Å²) in [5.74, 6) is 0. The summed E-state index contributed by atoms with van der Waals surface area (Å²) in [6.45, 7) is 0. The maximum Gasteiger partial charge on any atom is 0.191 e. The summed E-state index contributed by atoms with van der Waals surface area (Å²) in [6.07, 6.45) is 1.70. The van der Waals surface area contributed by atoms with Crippen molar-refractivity contribution in [3.05, 3.63) is 50.6 Å². The topological polar surface area (TPSA) is 36.4 Å². The number of nitrogens with one attached hydrogen (secondary N) is 2. The Morgan fingerprint density at radius 3 is 2.79 bits per heavy atom. The van der Waals surface area contributed by atoms with E-state index in [1.807, 2.05) is 17.5 Å². The van der Waals surface area contributed by atoms with Crippen LogP contribution < -0.4 is 10.7 Å². The zero-order valence-electron chi connectivity index (χ0n) is 9.56. The van der Waals surface area contributed by atoms with Gasteiger partial charge in [-0.15, -0.1) is 11.3 Å². The molecule has 0 unspecified atom stereocenters. The highest BCUT2D eigenvalue weighted by molar-refractivity contribution is 7.80. The molecule has 3 nitrogen and oxygen atoms in total. The molecule has 0 saturated heterocycles. The highest BCUT2D eigenvalue weighted by atomic mass is 35.5. The average molecular weight is 330 g/mol. The van der Waals surface area contributed by atoms with Crippen LogP contribution in [0, 0.1) is 0 Å². The van der Waals surface area contributed by atoms with E-state index in [1.165, 1.54) is 0 Å². The zero-order valence-corrected chi connectivity index (χ0v) is 12.7. The van der Waals surface area contributed by atoms with E-state index >= 15 is 0 Å². The molecular weight excluding hydrogens is 321 g/mol. The van der Waals surface area contributed by atoms with E-state index in [0.717, 1.165) is 10.6 Å². The van der Waals surface area contributed by atoms with E-state index < -0.39 is 0 Å². The number of thiophene rings is 1. The predicted molar refractivity (Wildman–Crippen MR) is 87.7 cm³/mol. The molecule has 0 atom stereocenters. The fourth-order valence-electron chi connectivity index (χ4n) is 1.25. The first-order chi connectivity index (χ1) is 9.15. The standard InChI is InChI=1S/C12H9Cl2N3S2/c13-10-4-3-8(6-11(10)14)16-12(18)17-15-7-9-2-1-5-19-9/h1-7H,(H2,16,17,18)/b15-7-. The molecule has 2 N–H and O–H groups in total. The fourth-order valence-corrected chi connectivity index (χ4v) is 2.31. The minimum absolute atomic E-state index is 0.381. The van der Waals surface area contributed by atoms with E-state index in [-0.39, 0.29) is 0 Å². The van der Waals surface area contributed by atoms with Crippen LogP contribution in [0.4, 0.5) is 5.69 Å². The predicted octanol–water partition coefficient (Wildman–Crippen LogP) is 4.38. The SMILES string of the molecule is S=C(N/N=C\c1cccs1)Nc1ccc(Cl)c(Cl)c1. The molecule has 1 aromatic heterocycles. The van der Waals surface area contributed by atoms with Crippen LogP contribution >= 0.6 is 46.8 Å². The molecule has 0 radical (unpaired) electrons. The van der Waals surface area contributed by atoms with Gasteiger partial charge in [-0.25, -0.2) is 0 Å². The lowest BCUT2D eigenvalue weighted by molar-refractivity contribution is 1.05. The zero-order chi connectivity index (χ0) is 13.7. The van der Waals surface area contributed by atoms with Crippen LogP contribution in [-0.2, 0) is 0 Å². The molecule has 98 valence electrons. The van der Waals surface area contributed by atoms with Crippen molar-refractivity contribution >= 4 is 63.8 Å². The Labute approximate surface area is 130 Å². The molecule has 0 aliphatic rings. The van der Waals surface area contributed by atoms with Gasteiger partial charge in [-0.2, -0.15) is 5.10 Å². The van der Waals surface area contributed by atoms with Crippen LogP contribution in [0.25, 0.3) is 0 Å². The number of halogens is 2. The Kier molecular flexibility index (Phi) is 5.15. The number of hydrogen-bond acceptors (Lipinski definition) is 3. The number of hydrazone groups is 1. The van der Waals surface area contributed by atoms with Crippen LogP contribution in [0.1, 0.15) is 4.88 Å². The van der Waals surface area contributed by atoms with Gasteiger partial charge < -0.3 is 5.32 Å². The van der Waals surface area contributed by atoms with Crippen molar-refractivity contribution in [2.24, 2.45) is 5.10 Å². The molecule has 7 heteroatoms. The van der Waals surface area contributed by atoms with Crippen LogP contribution in [0.5, 0.6) is 0 Å². The minimum Gasteiger partial charge on any atom is -0.331 e. The number of nitrogens with zero attached hydrogens (tertiary/aromatic N) is 1. The number of anilines is 1. The summed E-state index contributed by atoms with van der Waals surface area (Å²) >= 11 is 18.4. The normalized spacial score (nSPS) is 10.6. The fraction of sp³-hybridized carbons (Fsp3) is 0. The van der Waals surface area contributed by atoms with Crippen molar-refractivity contribution in [2.45, 2.75) is 0 Å². The molecule has 1 aromatic carbocycles. The van der Waals surface area contributed by atoms with Gasteiger partial charge in [-0.05, 0) is 41.9 Å². The molecule has 1 heterocycles. The highest BCUT2D eigenvalue weighted by Crippen LogP contribution is 2.24. The summed E-state index contributed by atoms with van der Waals surface area (Å²) in [5.41, 5.74) is 3.47. The van der Waals surface area contributed by atoms with Crippen molar-refractivity contribution in [1.29, 1.82) is 0 Å². The Balaban J connectivity index is 1.89. The number of hydrogen-bond donors (Lipinski definition) is 2.